The number of nitrogens with zero attached hydrogens (tertiary/aromatic N) is 1. The molecule has 0 spiro atoms. The zero-order chi connectivity index (χ0) is 45.1. The zero-order valence-electron chi connectivity index (χ0n) is 37.9. The molecular formula is C50H79NO9P+. The molecule has 0 aliphatic rings. The fourth-order valence-electron chi connectivity index (χ4n) is 4.86. The molecule has 0 bridgehead atoms. The van der Waals surface area contributed by atoms with Crippen molar-refractivity contribution in [2.75, 3.05) is 47.5 Å². The van der Waals surface area contributed by atoms with E-state index in [2.05, 4.69) is 79.8 Å². The highest BCUT2D eigenvalue weighted by Gasteiger charge is 2.27. The Morgan fingerprint density at radius 2 is 1.08 bits per heavy atom. The van der Waals surface area contributed by atoms with E-state index in [1.807, 2.05) is 88.8 Å². The Hall–Kier alpha value is -3.89. The largest absolute Gasteiger partial charge is 0.472 e. The second-order valence-electron chi connectivity index (χ2n) is 15.2. The second-order valence-corrected chi connectivity index (χ2v) is 16.6. The van der Waals surface area contributed by atoms with E-state index < -0.39 is 38.6 Å². The first-order chi connectivity index (χ1) is 29.4. The van der Waals surface area contributed by atoms with Crippen LogP contribution in [0, 0.1) is 0 Å². The first-order valence-corrected chi connectivity index (χ1v) is 23.5. The number of aliphatic hydroxyl groups is 1. The van der Waals surface area contributed by atoms with Crippen molar-refractivity contribution >= 4 is 19.8 Å². The lowest BCUT2D eigenvalue weighted by Crippen LogP contribution is -2.37. The topological polar surface area (TPSA) is 129 Å². The number of quaternary nitrogens is 1. The molecule has 0 heterocycles. The first kappa shape index (κ1) is 57.1. The van der Waals surface area contributed by atoms with Gasteiger partial charge in [0.25, 0.3) is 0 Å². The van der Waals surface area contributed by atoms with Gasteiger partial charge < -0.3 is 24.0 Å². The van der Waals surface area contributed by atoms with Crippen molar-refractivity contribution in [2.45, 2.75) is 122 Å². The molecule has 61 heavy (non-hydrogen) atoms. The van der Waals surface area contributed by atoms with Crippen LogP contribution in [0.25, 0.3) is 0 Å². The molecule has 0 aliphatic carbocycles. The summed E-state index contributed by atoms with van der Waals surface area (Å²) < 4.78 is 34.1. The van der Waals surface area contributed by atoms with Gasteiger partial charge in [0.2, 0.25) is 0 Å². The number of esters is 2. The van der Waals surface area contributed by atoms with Crippen LogP contribution in [-0.2, 0) is 32.7 Å². The third kappa shape index (κ3) is 44.0. The summed E-state index contributed by atoms with van der Waals surface area (Å²) in [5, 5.41) is 9.77. The normalized spacial score (nSPS) is 15.3. The summed E-state index contributed by atoms with van der Waals surface area (Å²) in [6.07, 6.45) is 54.4. The second kappa shape index (κ2) is 40.2. The minimum absolute atomic E-state index is 0.00654. The lowest BCUT2D eigenvalue weighted by molar-refractivity contribution is -0.870. The van der Waals surface area contributed by atoms with Crippen LogP contribution in [0.5, 0.6) is 0 Å². The molecule has 0 aromatic carbocycles. The van der Waals surface area contributed by atoms with Gasteiger partial charge in [-0.2, -0.15) is 0 Å². The Morgan fingerprint density at radius 1 is 0.590 bits per heavy atom. The molecule has 0 saturated carbocycles. The van der Waals surface area contributed by atoms with Crippen molar-refractivity contribution in [3.05, 3.63) is 134 Å². The van der Waals surface area contributed by atoms with Crippen LogP contribution in [0.3, 0.4) is 0 Å². The number of likely N-dealkylation sites (N-methyl/N-ethyl adjacent to an activating group) is 1. The van der Waals surface area contributed by atoms with Crippen LogP contribution in [-0.4, -0.2) is 86.1 Å². The average molecular weight is 869 g/mol. The highest BCUT2D eigenvalue weighted by Crippen LogP contribution is 2.43. The van der Waals surface area contributed by atoms with Gasteiger partial charge in [-0.25, -0.2) is 4.57 Å². The summed E-state index contributed by atoms with van der Waals surface area (Å²) in [4.78, 5) is 35.3. The Bertz CT molecular complexity index is 1510. The molecule has 0 fully saturated rings. The minimum Gasteiger partial charge on any atom is -0.462 e. The molecular weight excluding hydrogens is 790 g/mol. The number of phosphoric acid groups is 1. The number of ether oxygens (including phenoxy) is 2. The fraction of sp³-hybridized carbons (Fsp3) is 0.520. The summed E-state index contributed by atoms with van der Waals surface area (Å²) in [6, 6.07) is 0. The van der Waals surface area contributed by atoms with E-state index in [-0.39, 0.29) is 26.1 Å². The van der Waals surface area contributed by atoms with Crippen LogP contribution in [0.2, 0.25) is 0 Å². The number of carbonyl (C=O) groups excluding carboxylic acids is 2. The van der Waals surface area contributed by atoms with Crippen molar-refractivity contribution in [1.29, 1.82) is 0 Å². The SMILES string of the molecule is CC/C=C\C/C=C\C/C=C\C/C=C\C/C=C\C/C=C\CCC(=O)O[C@H](COC(=O)CCC/C=C\C/C=C\C/C=C\C=C\CC(O)/C=C\CC)COP(=O)(O)OCC[N+](C)(C)C. The number of hydrogen-bond acceptors (Lipinski definition) is 8. The van der Waals surface area contributed by atoms with Crippen LogP contribution < -0.4 is 0 Å². The molecule has 2 unspecified atom stereocenters. The van der Waals surface area contributed by atoms with E-state index >= 15 is 0 Å². The van der Waals surface area contributed by atoms with Gasteiger partial charge in [-0.05, 0) is 83.5 Å². The van der Waals surface area contributed by atoms with E-state index in [1.165, 1.54) is 0 Å². The van der Waals surface area contributed by atoms with Gasteiger partial charge >= 0.3 is 19.8 Å². The van der Waals surface area contributed by atoms with Crippen LogP contribution in [0.1, 0.15) is 110 Å². The lowest BCUT2D eigenvalue weighted by Gasteiger charge is -2.24. The number of hydrogen-bond donors (Lipinski definition) is 2. The average Bonchev–Trinajstić information content (AvgIpc) is 3.21. The van der Waals surface area contributed by atoms with Crippen molar-refractivity contribution in [1.82, 2.24) is 0 Å². The van der Waals surface area contributed by atoms with Gasteiger partial charge in [-0.15, -0.1) is 0 Å². The van der Waals surface area contributed by atoms with E-state index in [9.17, 15) is 24.2 Å². The Labute approximate surface area is 369 Å². The number of unbranched alkanes of at least 4 members (excludes halogenated alkanes) is 1. The molecule has 11 heteroatoms. The molecule has 0 saturated heterocycles. The van der Waals surface area contributed by atoms with Gasteiger partial charge in [-0.1, -0.05) is 148 Å². The standard InChI is InChI=1S/C50H78NO9P/c1-6-8-10-11-12-13-14-15-16-17-18-19-20-21-26-29-32-35-38-42-50(54)60-48(46-59-61(55,56)58-44-43-51(3,4)5)45-57-49(53)41-37-34-31-28-25-23-22-24-27-30-33-36-40-47(52)39-9-7-2/h8-10,12-13,15-16,18-19,21-23,26-28,30-33,35-36,39,47-48,52H,6-7,11,14,17,20,24-25,29,34,37-38,40-46H2,1-5H3/p+1/b10-8-,13-12-,16-15-,19-18-,23-22-,26-21-,30-27-,31-28-,35-32-,36-33+,39-9-/t47?,48-/m1/s1. The third-order valence-electron chi connectivity index (χ3n) is 8.26. The Morgan fingerprint density at radius 3 is 1.62 bits per heavy atom. The smallest absolute Gasteiger partial charge is 0.462 e. The number of rotatable bonds is 37. The van der Waals surface area contributed by atoms with E-state index in [4.69, 9.17) is 18.5 Å². The first-order valence-electron chi connectivity index (χ1n) is 22.0. The highest BCUT2D eigenvalue weighted by atomic mass is 31.2. The maximum atomic E-state index is 12.7. The predicted octanol–water partition coefficient (Wildman–Crippen LogP) is 11.7. The van der Waals surface area contributed by atoms with Crippen LogP contribution >= 0.6 is 7.82 Å². The molecule has 342 valence electrons. The number of phosphoric ester groups is 1. The molecule has 0 amide bonds. The summed E-state index contributed by atoms with van der Waals surface area (Å²) in [7, 11) is 1.35. The number of aliphatic hydroxyl groups excluding tert-OH is 1. The van der Waals surface area contributed by atoms with Gasteiger partial charge in [0.15, 0.2) is 6.10 Å². The van der Waals surface area contributed by atoms with Gasteiger partial charge in [0.1, 0.15) is 19.8 Å². The van der Waals surface area contributed by atoms with Crippen molar-refractivity contribution in [3.63, 3.8) is 0 Å². The molecule has 3 atom stereocenters. The van der Waals surface area contributed by atoms with E-state index in [0.717, 1.165) is 57.8 Å². The number of carbonyl (C=O) groups is 2. The summed E-state index contributed by atoms with van der Waals surface area (Å²) in [5.41, 5.74) is 0. The number of allylic oxidation sites excluding steroid dienone is 20. The van der Waals surface area contributed by atoms with Gasteiger partial charge in [0.05, 0.1) is 33.9 Å². The maximum absolute atomic E-state index is 12.7. The van der Waals surface area contributed by atoms with E-state index in [0.29, 0.717) is 36.7 Å². The summed E-state index contributed by atoms with van der Waals surface area (Å²) in [6.45, 7) is 3.86. The molecule has 10 nitrogen and oxygen atoms in total. The maximum Gasteiger partial charge on any atom is 0.472 e. The monoisotopic (exact) mass is 869 g/mol. The molecule has 0 aliphatic heterocycles. The molecule has 0 rings (SSSR count). The molecule has 0 radical (unpaired) electrons. The van der Waals surface area contributed by atoms with Gasteiger partial charge in [0, 0.05) is 12.8 Å². The fourth-order valence-corrected chi connectivity index (χ4v) is 5.60. The third-order valence-corrected chi connectivity index (χ3v) is 9.25. The van der Waals surface area contributed by atoms with Crippen LogP contribution in [0.15, 0.2) is 134 Å². The zero-order valence-corrected chi connectivity index (χ0v) is 38.8. The molecule has 0 aromatic heterocycles. The van der Waals surface area contributed by atoms with Crippen LogP contribution in [0.4, 0.5) is 0 Å². The minimum atomic E-state index is -4.43. The quantitative estimate of drug-likeness (QED) is 0.0157. The summed E-state index contributed by atoms with van der Waals surface area (Å²) >= 11 is 0. The lowest BCUT2D eigenvalue weighted by atomic mass is 10.2. The van der Waals surface area contributed by atoms with Crippen molar-refractivity contribution in [3.8, 4) is 0 Å². The predicted molar refractivity (Wildman–Crippen MR) is 253 cm³/mol. The highest BCUT2D eigenvalue weighted by molar-refractivity contribution is 7.47. The summed E-state index contributed by atoms with van der Waals surface area (Å²) in [5.74, 6) is -1.01. The molecule has 0 aromatic rings. The van der Waals surface area contributed by atoms with Crippen molar-refractivity contribution in [2.24, 2.45) is 0 Å². The van der Waals surface area contributed by atoms with E-state index in [1.54, 1.807) is 0 Å². The van der Waals surface area contributed by atoms with Crippen molar-refractivity contribution < 1.29 is 47.2 Å². The van der Waals surface area contributed by atoms with Gasteiger partial charge in [-0.3, -0.25) is 18.6 Å². The Balaban J connectivity index is 4.64. The molecule has 2 N–H and O–H groups in total. The Kier molecular flexibility index (Phi) is 37.6.